The van der Waals surface area contributed by atoms with E-state index in [4.69, 9.17) is 0 Å². The van der Waals surface area contributed by atoms with Crippen LogP contribution in [-0.2, 0) is 6.42 Å². The van der Waals surface area contributed by atoms with Gasteiger partial charge in [0.2, 0.25) is 0 Å². The Morgan fingerprint density at radius 3 is 2.85 bits per heavy atom. The zero-order valence-electron chi connectivity index (χ0n) is 11.5. The summed E-state index contributed by atoms with van der Waals surface area (Å²) in [7, 11) is 0. The molecule has 0 saturated carbocycles. The van der Waals surface area contributed by atoms with Crippen molar-refractivity contribution >= 4 is 27.3 Å². The summed E-state index contributed by atoms with van der Waals surface area (Å²) in [6.45, 7) is 3.13. The Morgan fingerprint density at radius 2 is 2.20 bits per heavy atom. The van der Waals surface area contributed by atoms with Crippen LogP contribution < -0.4 is 5.32 Å². The van der Waals surface area contributed by atoms with Gasteiger partial charge in [0.1, 0.15) is 5.82 Å². The molecule has 20 heavy (non-hydrogen) atoms. The van der Waals surface area contributed by atoms with Gasteiger partial charge in [-0.3, -0.25) is 0 Å². The molecule has 108 valence electrons. The number of halogens is 2. The topological polar surface area (TPSA) is 12.0 Å². The van der Waals surface area contributed by atoms with Gasteiger partial charge in [-0.25, -0.2) is 4.39 Å². The van der Waals surface area contributed by atoms with Crippen molar-refractivity contribution in [1.29, 1.82) is 0 Å². The van der Waals surface area contributed by atoms with Gasteiger partial charge in [-0.1, -0.05) is 28.9 Å². The van der Waals surface area contributed by atoms with Gasteiger partial charge in [0.15, 0.2) is 0 Å². The van der Waals surface area contributed by atoms with Crippen molar-refractivity contribution in [3.8, 4) is 0 Å². The van der Waals surface area contributed by atoms with E-state index in [0.717, 1.165) is 35.8 Å². The normalized spacial score (nSPS) is 12.6. The molecule has 1 N–H and O–H groups in total. The molecule has 0 bridgehead atoms. The lowest BCUT2D eigenvalue weighted by Crippen LogP contribution is -2.23. The minimum Gasteiger partial charge on any atom is -0.310 e. The molecule has 0 fully saturated rings. The smallest absolute Gasteiger partial charge is 0.124 e. The highest BCUT2D eigenvalue weighted by Crippen LogP contribution is 2.28. The van der Waals surface area contributed by atoms with E-state index in [0.29, 0.717) is 0 Å². The fraction of sp³-hybridized carbons (Fsp3) is 0.375. The molecular formula is C16H19BrFNS. The number of rotatable bonds is 7. The number of aryl methyl sites for hydroxylation is 1. The highest BCUT2D eigenvalue weighted by molar-refractivity contribution is 9.10. The maximum atomic E-state index is 13.2. The first kappa shape index (κ1) is 15.7. The molecular weight excluding hydrogens is 337 g/mol. The third-order valence-corrected chi connectivity index (χ3v) is 4.70. The van der Waals surface area contributed by atoms with Crippen molar-refractivity contribution in [2.24, 2.45) is 0 Å². The summed E-state index contributed by atoms with van der Waals surface area (Å²) in [4.78, 5) is 0. The molecule has 2 rings (SSSR count). The minimum absolute atomic E-state index is 0.201. The van der Waals surface area contributed by atoms with Crippen molar-refractivity contribution in [2.45, 2.75) is 32.2 Å². The minimum atomic E-state index is -0.201. The van der Waals surface area contributed by atoms with Gasteiger partial charge in [0.05, 0.1) is 0 Å². The summed E-state index contributed by atoms with van der Waals surface area (Å²) >= 11 is 5.21. The van der Waals surface area contributed by atoms with Crippen LogP contribution in [0, 0.1) is 5.82 Å². The Bertz CT molecular complexity index is 527. The predicted octanol–water partition coefficient (Wildman–Crippen LogP) is 5.32. The van der Waals surface area contributed by atoms with Gasteiger partial charge in [-0.15, -0.1) is 0 Å². The maximum Gasteiger partial charge on any atom is 0.124 e. The Hall–Kier alpha value is -0.710. The quantitative estimate of drug-likeness (QED) is 0.708. The molecule has 1 aromatic carbocycles. The number of hydrogen-bond donors (Lipinski definition) is 1. The summed E-state index contributed by atoms with van der Waals surface area (Å²) in [5.74, 6) is -0.201. The number of nitrogens with one attached hydrogen (secondary N) is 1. The summed E-state index contributed by atoms with van der Waals surface area (Å²) in [5.41, 5.74) is 2.51. The first-order valence-corrected chi connectivity index (χ1v) is 8.63. The van der Waals surface area contributed by atoms with E-state index in [-0.39, 0.29) is 11.9 Å². The van der Waals surface area contributed by atoms with Crippen LogP contribution in [0.25, 0.3) is 0 Å². The van der Waals surface area contributed by atoms with Gasteiger partial charge in [-0.2, -0.15) is 11.3 Å². The molecule has 1 nitrogen and oxygen atoms in total. The van der Waals surface area contributed by atoms with E-state index in [1.54, 1.807) is 17.4 Å². The van der Waals surface area contributed by atoms with Crippen LogP contribution in [0.2, 0.25) is 0 Å². The zero-order chi connectivity index (χ0) is 14.4. The number of thiophene rings is 1. The Labute approximate surface area is 132 Å². The Morgan fingerprint density at radius 1 is 1.35 bits per heavy atom. The highest BCUT2D eigenvalue weighted by atomic mass is 79.9. The Balaban J connectivity index is 2.09. The molecule has 0 amide bonds. The van der Waals surface area contributed by atoms with Crippen molar-refractivity contribution in [2.75, 3.05) is 6.54 Å². The molecule has 0 saturated heterocycles. The molecule has 4 heteroatoms. The second-order valence-electron chi connectivity index (χ2n) is 4.84. The molecule has 0 aliphatic rings. The average Bonchev–Trinajstić information content (AvgIpc) is 2.93. The van der Waals surface area contributed by atoms with Crippen LogP contribution in [0.5, 0.6) is 0 Å². The number of benzene rings is 1. The van der Waals surface area contributed by atoms with Crippen LogP contribution in [0.15, 0.2) is 39.5 Å². The average molecular weight is 356 g/mol. The van der Waals surface area contributed by atoms with E-state index >= 15 is 0 Å². The zero-order valence-corrected chi connectivity index (χ0v) is 13.9. The van der Waals surface area contributed by atoms with E-state index in [9.17, 15) is 4.39 Å². The molecule has 1 unspecified atom stereocenters. The molecule has 1 aromatic heterocycles. The van der Waals surface area contributed by atoms with Crippen LogP contribution in [0.1, 0.15) is 36.9 Å². The largest absolute Gasteiger partial charge is 0.310 e. The van der Waals surface area contributed by atoms with E-state index in [1.165, 1.54) is 11.6 Å². The standard InChI is InChI=1S/C16H19BrFNS/c1-2-8-19-16(6-3-12-7-9-20-11-12)14-5-4-13(18)10-15(14)17/h4-5,7,9-11,16,19H,2-3,6,8H2,1H3. The molecule has 0 aliphatic heterocycles. The second kappa shape index (κ2) is 7.91. The van der Waals surface area contributed by atoms with Crippen LogP contribution >= 0.6 is 27.3 Å². The van der Waals surface area contributed by atoms with Crippen LogP contribution in [0.3, 0.4) is 0 Å². The molecule has 2 aromatic rings. The highest BCUT2D eigenvalue weighted by Gasteiger charge is 2.14. The van der Waals surface area contributed by atoms with Crippen molar-refractivity contribution in [1.82, 2.24) is 5.32 Å². The monoisotopic (exact) mass is 355 g/mol. The molecule has 1 atom stereocenters. The van der Waals surface area contributed by atoms with E-state index < -0.39 is 0 Å². The van der Waals surface area contributed by atoms with Gasteiger partial charge >= 0.3 is 0 Å². The van der Waals surface area contributed by atoms with Crippen LogP contribution in [0.4, 0.5) is 4.39 Å². The first-order chi connectivity index (χ1) is 9.70. The molecule has 0 spiro atoms. The second-order valence-corrected chi connectivity index (χ2v) is 6.48. The number of hydrogen-bond acceptors (Lipinski definition) is 2. The van der Waals surface area contributed by atoms with Crippen molar-refractivity contribution < 1.29 is 4.39 Å². The Kier molecular flexibility index (Phi) is 6.20. The van der Waals surface area contributed by atoms with Crippen molar-refractivity contribution in [3.05, 3.63) is 56.4 Å². The maximum absolute atomic E-state index is 13.2. The summed E-state index contributed by atoms with van der Waals surface area (Å²) < 4.78 is 14.1. The van der Waals surface area contributed by atoms with E-state index in [2.05, 4.69) is 45.0 Å². The SMILES string of the molecule is CCCNC(CCc1ccsc1)c1ccc(F)cc1Br. The third-order valence-electron chi connectivity index (χ3n) is 3.28. The lowest BCUT2D eigenvalue weighted by atomic mass is 10.00. The molecule has 0 radical (unpaired) electrons. The fourth-order valence-corrected chi connectivity index (χ4v) is 3.55. The van der Waals surface area contributed by atoms with Gasteiger partial charge in [0, 0.05) is 10.5 Å². The molecule has 1 heterocycles. The van der Waals surface area contributed by atoms with E-state index in [1.807, 2.05) is 6.07 Å². The van der Waals surface area contributed by atoms with Crippen molar-refractivity contribution in [3.63, 3.8) is 0 Å². The van der Waals surface area contributed by atoms with Gasteiger partial charge in [0.25, 0.3) is 0 Å². The molecule has 0 aliphatic carbocycles. The summed E-state index contributed by atoms with van der Waals surface area (Å²) in [6.07, 6.45) is 3.14. The van der Waals surface area contributed by atoms with Gasteiger partial charge in [-0.05, 0) is 65.9 Å². The summed E-state index contributed by atoms with van der Waals surface area (Å²) in [5, 5.41) is 7.86. The third kappa shape index (κ3) is 4.40. The lowest BCUT2D eigenvalue weighted by molar-refractivity contribution is 0.496. The summed E-state index contributed by atoms with van der Waals surface area (Å²) in [6, 6.07) is 7.37. The predicted molar refractivity (Wildman–Crippen MR) is 87.8 cm³/mol. The first-order valence-electron chi connectivity index (χ1n) is 6.90. The lowest BCUT2D eigenvalue weighted by Gasteiger charge is -2.20. The van der Waals surface area contributed by atoms with Gasteiger partial charge < -0.3 is 5.32 Å². The fourth-order valence-electron chi connectivity index (χ4n) is 2.22. The van der Waals surface area contributed by atoms with Crippen LogP contribution in [-0.4, -0.2) is 6.54 Å².